The van der Waals surface area contributed by atoms with Crippen LogP contribution in [0.1, 0.15) is 44.5 Å². The highest BCUT2D eigenvalue weighted by Gasteiger charge is 2.54. The second kappa shape index (κ2) is 10.4. The van der Waals surface area contributed by atoms with Crippen molar-refractivity contribution in [2.24, 2.45) is 0 Å². The van der Waals surface area contributed by atoms with Crippen LogP contribution < -0.4 is 16.4 Å². The lowest BCUT2D eigenvalue weighted by Crippen LogP contribution is -2.60. The molecule has 0 fully saturated rings. The van der Waals surface area contributed by atoms with Crippen molar-refractivity contribution in [2.75, 3.05) is 0 Å². The lowest BCUT2D eigenvalue weighted by molar-refractivity contribution is 0.746. The average Bonchev–Trinajstić information content (AvgIpc) is 3.85. The van der Waals surface area contributed by atoms with Gasteiger partial charge in [-0.3, -0.25) is 0 Å². The van der Waals surface area contributed by atoms with Crippen LogP contribution in [0.3, 0.4) is 0 Å². The van der Waals surface area contributed by atoms with Gasteiger partial charge in [0, 0.05) is 44.1 Å². The second-order valence-corrected chi connectivity index (χ2v) is 17.5. The van der Waals surface area contributed by atoms with Crippen molar-refractivity contribution in [3.63, 3.8) is 0 Å². The Morgan fingerprint density at radius 3 is 1.76 bits per heavy atom. The molecule has 14 rings (SSSR count). The van der Waals surface area contributed by atoms with Gasteiger partial charge in [0.2, 0.25) is 0 Å². The molecular weight excluding hydrogens is 699 g/mol. The van der Waals surface area contributed by atoms with Crippen LogP contribution in [0, 0.1) is 27.7 Å². The second-order valence-electron chi connectivity index (χ2n) is 17.5. The molecule has 8 aromatic carbocycles. The van der Waals surface area contributed by atoms with Crippen molar-refractivity contribution in [3.05, 3.63) is 196 Å². The Morgan fingerprint density at radius 1 is 0.431 bits per heavy atom. The summed E-state index contributed by atoms with van der Waals surface area (Å²) in [4.78, 5) is 0. The highest BCUT2D eigenvalue weighted by molar-refractivity contribution is 7.00. The summed E-state index contributed by atoms with van der Waals surface area (Å²) < 4.78 is 5.37. The molecule has 0 N–H and O–H groups in total. The molecule has 0 radical (unpaired) electrons. The molecule has 0 atom stereocenters. The predicted octanol–water partition coefficient (Wildman–Crippen LogP) is 11.1. The number of fused-ring (bicyclic) bond motifs is 11. The van der Waals surface area contributed by atoms with Crippen molar-refractivity contribution >= 4 is 55.8 Å². The first-order valence-electron chi connectivity index (χ1n) is 20.7. The fourth-order valence-electron chi connectivity index (χ4n) is 12.3. The van der Waals surface area contributed by atoms with Crippen LogP contribution in [0.4, 0.5) is 0 Å². The minimum absolute atomic E-state index is 0.0672. The molecule has 2 nitrogen and oxygen atoms in total. The zero-order chi connectivity index (χ0) is 38.3. The van der Waals surface area contributed by atoms with Crippen LogP contribution in [-0.2, 0) is 5.41 Å². The Morgan fingerprint density at radius 2 is 1.05 bits per heavy atom. The highest BCUT2D eigenvalue weighted by Crippen LogP contribution is 2.62. The number of nitrogens with zero attached hydrogens (tertiary/aromatic N) is 2. The lowest BCUT2D eigenvalue weighted by atomic mass is 9.33. The fraction of sp³-hybridized carbons (Fsp3) is 0.0909. The van der Waals surface area contributed by atoms with Crippen molar-refractivity contribution in [1.82, 2.24) is 9.13 Å². The predicted molar refractivity (Wildman–Crippen MR) is 243 cm³/mol. The minimum Gasteiger partial charge on any atom is -0.310 e. The van der Waals surface area contributed by atoms with E-state index in [4.69, 9.17) is 0 Å². The van der Waals surface area contributed by atoms with E-state index < -0.39 is 5.41 Å². The number of benzene rings is 8. The molecule has 3 heteroatoms. The third-order valence-corrected chi connectivity index (χ3v) is 14.2. The van der Waals surface area contributed by atoms with Crippen LogP contribution in [0.25, 0.3) is 77.6 Å². The Hall–Kier alpha value is -6.84. The highest BCUT2D eigenvalue weighted by atomic mass is 15.1. The Bertz CT molecular complexity index is 3490. The third-order valence-electron chi connectivity index (χ3n) is 14.2. The van der Waals surface area contributed by atoms with Crippen LogP contribution in [0.5, 0.6) is 0 Å². The van der Waals surface area contributed by atoms with Gasteiger partial charge in [0.05, 0.1) is 16.6 Å². The summed E-state index contributed by atoms with van der Waals surface area (Å²) in [7, 11) is 0. The van der Waals surface area contributed by atoms with E-state index in [-0.39, 0.29) is 6.71 Å². The molecule has 58 heavy (non-hydrogen) atoms. The first-order valence-corrected chi connectivity index (χ1v) is 20.7. The van der Waals surface area contributed by atoms with Gasteiger partial charge in [-0.05, 0) is 107 Å². The molecule has 2 aromatic heterocycles. The quantitative estimate of drug-likeness (QED) is 0.156. The van der Waals surface area contributed by atoms with E-state index in [2.05, 4.69) is 188 Å². The van der Waals surface area contributed by atoms with Gasteiger partial charge in [-0.15, -0.1) is 0 Å². The minimum atomic E-state index is -0.487. The number of aryl methyl sites for hydroxylation is 4. The molecular formula is C55H37BN2. The van der Waals surface area contributed by atoms with Gasteiger partial charge in [-0.1, -0.05) is 156 Å². The molecule has 0 amide bonds. The number of rotatable bonds is 2. The Balaban J connectivity index is 1.25. The molecule has 0 saturated carbocycles. The maximum Gasteiger partial charge on any atom is 0.252 e. The summed E-state index contributed by atoms with van der Waals surface area (Å²) in [5.41, 5.74) is 29.0. The smallest absolute Gasteiger partial charge is 0.252 e. The number of hydrogen-bond donors (Lipinski definition) is 0. The molecule has 10 aromatic rings. The van der Waals surface area contributed by atoms with Gasteiger partial charge in [-0.25, -0.2) is 0 Å². The van der Waals surface area contributed by atoms with Gasteiger partial charge in [0.15, 0.2) is 0 Å². The van der Waals surface area contributed by atoms with Crippen molar-refractivity contribution in [2.45, 2.75) is 33.1 Å². The number of para-hydroxylation sites is 1. The first-order chi connectivity index (χ1) is 28.4. The molecule has 0 bridgehead atoms. The molecule has 0 saturated heterocycles. The van der Waals surface area contributed by atoms with E-state index in [1.54, 1.807) is 0 Å². The number of hydrogen-bond acceptors (Lipinski definition) is 0. The summed E-state index contributed by atoms with van der Waals surface area (Å²) in [6, 6.07) is 58.7. The summed E-state index contributed by atoms with van der Waals surface area (Å²) in [5, 5.41) is 4.03. The summed E-state index contributed by atoms with van der Waals surface area (Å²) in [6.07, 6.45) is 0. The molecule has 270 valence electrons. The van der Waals surface area contributed by atoms with E-state index in [0.29, 0.717) is 0 Å². The number of aromatic nitrogens is 2. The lowest BCUT2D eigenvalue weighted by Gasteiger charge is -2.44. The van der Waals surface area contributed by atoms with E-state index in [0.717, 1.165) is 0 Å². The van der Waals surface area contributed by atoms with Crippen LogP contribution in [-0.4, -0.2) is 15.8 Å². The molecule has 1 aliphatic carbocycles. The summed E-state index contributed by atoms with van der Waals surface area (Å²) in [6.45, 7) is 9.19. The Kier molecular flexibility index (Phi) is 5.59. The van der Waals surface area contributed by atoms with Crippen LogP contribution >= 0.6 is 0 Å². The van der Waals surface area contributed by atoms with Gasteiger partial charge < -0.3 is 9.13 Å². The zero-order valence-corrected chi connectivity index (χ0v) is 32.9. The zero-order valence-electron chi connectivity index (χ0n) is 32.9. The third kappa shape index (κ3) is 3.44. The van der Waals surface area contributed by atoms with E-state index in [9.17, 15) is 0 Å². The maximum absolute atomic E-state index is 2.72. The topological polar surface area (TPSA) is 9.86 Å². The maximum atomic E-state index is 2.72. The van der Waals surface area contributed by atoms with Gasteiger partial charge in [0.25, 0.3) is 6.71 Å². The fourth-order valence-corrected chi connectivity index (χ4v) is 12.3. The van der Waals surface area contributed by atoms with Crippen LogP contribution in [0.15, 0.2) is 152 Å². The van der Waals surface area contributed by atoms with Gasteiger partial charge in [0.1, 0.15) is 0 Å². The Labute approximate surface area is 337 Å². The van der Waals surface area contributed by atoms with Crippen molar-refractivity contribution in [1.29, 1.82) is 0 Å². The standard InChI is InChI=1S/C55H37BN2/c1-30-18-20-36-37-21-19-31(2)27-43(37)55(42(36)26-30)41-22-23-47-49-54(41)58-51-39(24-32(3)28-44(51)55)40-25-33(4)29-46(53(40)58)56(49)45-17-11-16-38-48(34-12-7-5-8-13-34)50(57(47)52(38)45)35-14-9-6-10-15-35/h5-29H,1-4H3. The molecule has 5 heterocycles. The summed E-state index contributed by atoms with van der Waals surface area (Å²) in [5.74, 6) is 0. The summed E-state index contributed by atoms with van der Waals surface area (Å²) >= 11 is 0. The van der Waals surface area contributed by atoms with E-state index in [1.165, 1.54) is 138 Å². The van der Waals surface area contributed by atoms with Crippen LogP contribution in [0.2, 0.25) is 0 Å². The molecule has 4 aliphatic rings. The molecule has 1 spiro atoms. The van der Waals surface area contributed by atoms with Crippen molar-refractivity contribution < 1.29 is 0 Å². The largest absolute Gasteiger partial charge is 0.310 e. The monoisotopic (exact) mass is 736 g/mol. The average molecular weight is 737 g/mol. The van der Waals surface area contributed by atoms with Crippen molar-refractivity contribution in [3.8, 4) is 44.9 Å². The molecule has 0 unspecified atom stereocenters. The van der Waals surface area contributed by atoms with Gasteiger partial charge >= 0.3 is 0 Å². The molecule has 3 aliphatic heterocycles. The normalized spacial score (nSPS) is 14.3. The van der Waals surface area contributed by atoms with E-state index in [1.807, 2.05) is 0 Å². The SMILES string of the molecule is Cc1ccc2c(c1)C1(c3cc(C)ccc3-2)c2ccc3c4c2-n2c5c(cc(C)cc5c5cc(C)cc1c52)B4c1cccc2c(-c4ccccc4)c(-c4ccccc4)n-3c12. The van der Waals surface area contributed by atoms with Gasteiger partial charge in [-0.2, -0.15) is 0 Å². The first kappa shape index (κ1) is 31.3. The van der Waals surface area contributed by atoms with E-state index >= 15 is 0 Å².